The molecule has 1 aromatic rings. The number of benzene rings is 1. The molecule has 1 saturated heterocycles. The van der Waals surface area contributed by atoms with Gasteiger partial charge in [-0.3, -0.25) is 4.90 Å². The first kappa shape index (κ1) is 23.9. The Balaban J connectivity index is 0.00000364. The van der Waals surface area contributed by atoms with Crippen LogP contribution < -0.4 is 14.8 Å². The number of piperazine rings is 1. The molecular formula is C15H22ClF4N3O3S. The highest BCUT2D eigenvalue weighted by molar-refractivity contribution is 7.89. The maximum absolute atomic E-state index is 14.1. The zero-order valence-electron chi connectivity index (χ0n) is 14.8. The highest BCUT2D eigenvalue weighted by atomic mass is 35.5. The van der Waals surface area contributed by atoms with Gasteiger partial charge in [-0.25, -0.2) is 17.5 Å². The molecule has 1 atom stereocenters. The van der Waals surface area contributed by atoms with Gasteiger partial charge in [0.25, 0.3) is 0 Å². The molecule has 1 fully saturated rings. The lowest BCUT2D eigenvalue weighted by atomic mass is 10.2. The van der Waals surface area contributed by atoms with Crippen LogP contribution in [0.25, 0.3) is 0 Å². The largest absolute Gasteiger partial charge is 0.494 e. The van der Waals surface area contributed by atoms with E-state index in [4.69, 9.17) is 4.74 Å². The second-order valence-corrected chi connectivity index (χ2v) is 7.64. The molecule has 1 aliphatic heterocycles. The van der Waals surface area contributed by atoms with E-state index in [1.165, 1.54) is 18.9 Å². The van der Waals surface area contributed by atoms with Crippen LogP contribution in [0.2, 0.25) is 0 Å². The summed E-state index contributed by atoms with van der Waals surface area (Å²) in [6.07, 6.45) is -4.60. The van der Waals surface area contributed by atoms with E-state index in [0.717, 1.165) is 12.1 Å². The zero-order valence-corrected chi connectivity index (χ0v) is 16.4. The lowest BCUT2D eigenvalue weighted by Crippen LogP contribution is -2.57. The van der Waals surface area contributed by atoms with Crippen molar-refractivity contribution >= 4 is 22.4 Å². The fourth-order valence-electron chi connectivity index (χ4n) is 2.80. The van der Waals surface area contributed by atoms with Gasteiger partial charge in [0.1, 0.15) is 6.04 Å². The molecule has 0 saturated carbocycles. The van der Waals surface area contributed by atoms with Gasteiger partial charge in [0, 0.05) is 38.3 Å². The Morgan fingerprint density at radius 1 is 1.30 bits per heavy atom. The first-order valence-corrected chi connectivity index (χ1v) is 9.40. The fraction of sp³-hybridized carbons (Fsp3) is 0.600. The molecule has 2 rings (SSSR count). The third kappa shape index (κ3) is 5.67. The second-order valence-electron chi connectivity index (χ2n) is 5.90. The topological polar surface area (TPSA) is 70.7 Å². The Hall–Kier alpha value is -1.14. The predicted molar refractivity (Wildman–Crippen MR) is 94.4 cm³/mol. The molecule has 1 aliphatic rings. The van der Waals surface area contributed by atoms with E-state index in [2.05, 4.69) is 5.32 Å². The van der Waals surface area contributed by atoms with Crippen LogP contribution in [0.1, 0.15) is 5.56 Å². The summed E-state index contributed by atoms with van der Waals surface area (Å²) in [5.74, 6) is -1.01. The lowest BCUT2D eigenvalue weighted by Gasteiger charge is -2.35. The minimum atomic E-state index is -4.60. The van der Waals surface area contributed by atoms with Crippen LogP contribution in [-0.4, -0.2) is 65.4 Å². The number of halogens is 5. The van der Waals surface area contributed by atoms with Crippen molar-refractivity contribution in [3.05, 3.63) is 23.5 Å². The number of methoxy groups -OCH3 is 1. The average Bonchev–Trinajstić information content (AvgIpc) is 2.57. The third-order valence-corrected chi connectivity index (χ3v) is 5.82. The van der Waals surface area contributed by atoms with Crippen molar-refractivity contribution in [3.63, 3.8) is 0 Å². The van der Waals surface area contributed by atoms with Crippen molar-refractivity contribution in [1.82, 2.24) is 14.9 Å². The van der Waals surface area contributed by atoms with E-state index >= 15 is 0 Å². The van der Waals surface area contributed by atoms with Gasteiger partial charge in [-0.05, 0) is 19.1 Å². The molecule has 6 nitrogen and oxygen atoms in total. The first-order chi connectivity index (χ1) is 12.1. The third-order valence-electron chi connectivity index (χ3n) is 4.25. The molecule has 1 heterocycles. The minimum Gasteiger partial charge on any atom is -0.494 e. The van der Waals surface area contributed by atoms with Crippen LogP contribution in [0.5, 0.6) is 5.75 Å². The number of sulfonamides is 1. The van der Waals surface area contributed by atoms with Crippen LogP contribution in [-0.2, 0) is 10.0 Å². The summed E-state index contributed by atoms with van der Waals surface area (Å²) in [5.41, 5.74) is -0.220. The number of rotatable bonds is 6. The van der Waals surface area contributed by atoms with Gasteiger partial charge in [0.2, 0.25) is 10.0 Å². The molecule has 0 bridgehead atoms. The SMILES string of the molecule is COc1ccc(S(=O)(=O)NCC(N2CCNCC2)C(F)(F)F)c(C)c1F.Cl. The van der Waals surface area contributed by atoms with Crippen LogP contribution in [0.15, 0.2) is 17.0 Å². The fourth-order valence-corrected chi connectivity index (χ4v) is 4.08. The maximum Gasteiger partial charge on any atom is 0.405 e. The second kappa shape index (κ2) is 9.37. The zero-order chi connectivity index (χ0) is 19.5. The van der Waals surface area contributed by atoms with Gasteiger partial charge in [0.15, 0.2) is 11.6 Å². The summed E-state index contributed by atoms with van der Waals surface area (Å²) in [5, 5.41) is 2.94. The Kier molecular flexibility index (Phi) is 8.30. The van der Waals surface area contributed by atoms with Crippen LogP contribution >= 0.6 is 12.4 Å². The van der Waals surface area contributed by atoms with Gasteiger partial charge in [-0.2, -0.15) is 13.2 Å². The number of ether oxygens (including phenoxy) is 1. The van der Waals surface area contributed by atoms with Crippen molar-refractivity contribution in [2.75, 3.05) is 39.8 Å². The molecule has 0 radical (unpaired) electrons. The van der Waals surface area contributed by atoms with Gasteiger partial charge < -0.3 is 10.1 Å². The van der Waals surface area contributed by atoms with E-state index in [1.807, 2.05) is 4.72 Å². The Morgan fingerprint density at radius 3 is 2.41 bits per heavy atom. The summed E-state index contributed by atoms with van der Waals surface area (Å²) in [4.78, 5) is 0.762. The van der Waals surface area contributed by atoms with Crippen LogP contribution in [0.3, 0.4) is 0 Å². The van der Waals surface area contributed by atoms with Crippen molar-refractivity contribution in [3.8, 4) is 5.75 Å². The van der Waals surface area contributed by atoms with Crippen molar-refractivity contribution < 1.29 is 30.7 Å². The number of alkyl halides is 3. The molecule has 0 amide bonds. The molecule has 2 N–H and O–H groups in total. The number of hydrogen-bond donors (Lipinski definition) is 2. The van der Waals surface area contributed by atoms with E-state index in [0.29, 0.717) is 13.1 Å². The van der Waals surface area contributed by atoms with E-state index in [9.17, 15) is 26.0 Å². The van der Waals surface area contributed by atoms with Gasteiger partial charge in [-0.15, -0.1) is 12.4 Å². The number of hydrogen-bond acceptors (Lipinski definition) is 5. The normalized spacial score (nSPS) is 17.3. The van der Waals surface area contributed by atoms with E-state index < -0.39 is 39.5 Å². The summed E-state index contributed by atoms with van der Waals surface area (Å²) in [6, 6.07) is 0.268. The molecule has 0 aromatic heterocycles. The highest BCUT2D eigenvalue weighted by Crippen LogP contribution is 2.28. The van der Waals surface area contributed by atoms with Crippen LogP contribution in [0, 0.1) is 12.7 Å². The Labute approximate surface area is 161 Å². The number of nitrogens with zero attached hydrogens (tertiary/aromatic N) is 1. The smallest absolute Gasteiger partial charge is 0.405 e. The summed E-state index contributed by atoms with van der Waals surface area (Å²) < 4.78 is 85.6. The van der Waals surface area contributed by atoms with Crippen molar-refractivity contribution in [1.29, 1.82) is 0 Å². The van der Waals surface area contributed by atoms with E-state index in [1.54, 1.807) is 0 Å². The molecule has 156 valence electrons. The van der Waals surface area contributed by atoms with Gasteiger partial charge in [0.05, 0.1) is 12.0 Å². The summed E-state index contributed by atoms with van der Waals surface area (Å²) >= 11 is 0. The van der Waals surface area contributed by atoms with Gasteiger partial charge in [-0.1, -0.05) is 0 Å². The predicted octanol–water partition coefficient (Wildman–Crippen LogP) is 1.68. The van der Waals surface area contributed by atoms with E-state index in [-0.39, 0.29) is 36.8 Å². The minimum absolute atomic E-state index is 0. The molecular weight excluding hydrogens is 414 g/mol. The lowest BCUT2D eigenvalue weighted by molar-refractivity contribution is -0.182. The summed E-state index contributed by atoms with van der Waals surface area (Å²) in [6.45, 7) is 1.47. The molecule has 0 aliphatic carbocycles. The number of nitrogens with one attached hydrogen (secondary N) is 2. The molecule has 1 unspecified atom stereocenters. The molecule has 12 heteroatoms. The van der Waals surface area contributed by atoms with Crippen molar-refractivity contribution in [2.45, 2.75) is 24.0 Å². The highest BCUT2D eigenvalue weighted by Gasteiger charge is 2.44. The Bertz CT molecular complexity index is 741. The maximum atomic E-state index is 14.1. The molecule has 27 heavy (non-hydrogen) atoms. The monoisotopic (exact) mass is 435 g/mol. The molecule has 0 spiro atoms. The summed E-state index contributed by atoms with van der Waals surface area (Å²) in [7, 11) is -3.09. The Morgan fingerprint density at radius 2 is 1.89 bits per heavy atom. The quantitative estimate of drug-likeness (QED) is 0.665. The molecule has 1 aromatic carbocycles. The van der Waals surface area contributed by atoms with Crippen molar-refractivity contribution in [2.24, 2.45) is 0 Å². The average molecular weight is 436 g/mol. The van der Waals surface area contributed by atoms with Gasteiger partial charge >= 0.3 is 6.18 Å². The van der Waals surface area contributed by atoms with Crippen LogP contribution in [0.4, 0.5) is 17.6 Å². The standard InChI is InChI=1S/C15H21F4N3O3S.ClH/c1-10-12(4-3-11(25-2)14(10)16)26(23,24)21-9-13(15(17,18)19)22-7-5-20-6-8-22;/h3-4,13,20-21H,5-9H2,1-2H3;1H. The first-order valence-electron chi connectivity index (χ1n) is 7.92.